The monoisotopic (exact) mass is 495 g/mol. The van der Waals surface area contributed by atoms with Gasteiger partial charge in [0.05, 0.1) is 0 Å². The van der Waals surface area contributed by atoms with Crippen LogP contribution in [0.25, 0.3) is 0 Å². The van der Waals surface area contributed by atoms with Crippen molar-refractivity contribution in [2.45, 2.75) is 91.5 Å². The molecule has 1 aromatic carbocycles. The Kier molecular flexibility index (Phi) is 10.7. The van der Waals surface area contributed by atoms with E-state index in [0.717, 1.165) is 12.8 Å². The molecule has 0 aliphatic heterocycles. The number of nitrogens with zero attached hydrogens (tertiary/aromatic N) is 1. The van der Waals surface area contributed by atoms with Gasteiger partial charge in [-0.3, -0.25) is 9.59 Å². The van der Waals surface area contributed by atoms with Gasteiger partial charge in [0.2, 0.25) is 11.8 Å². The van der Waals surface area contributed by atoms with Gasteiger partial charge >= 0.3 is 6.09 Å². The summed E-state index contributed by atoms with van der Waals surface area (Å²) in [5, 5.41) is 15.5. The zero-order valence-corrected chi connectivity index (χ0v) is 22.6. The van der Waals surface area contributed by atoms with Crippen LogP contribution >= 0.6 is 12.6 Å². The maximum atomic E-state index is 13.8. The molecule has 34 heavy (non-hydrogen) atoms. The molecule has 8 nitrogen and oxygen atoms in total. The van der Waals surface area contributed by atoms with Gasteiger partial charge in [0.15, 0.2) is 0 Å². The van der Waals surface area contributed by atoms with Crippen LogP contribution in [0.1, 0.15) is 78.5 Å². The summed E-state index contributed by atoms with van der Waals surface area (Å²) in [6.45, 7) is 14.9. The standard InChI is InChI=1S/C25H41N3O5S/c1-9-10-13-26-21(30)20(17-11-12-19(29)16(2)14-17)28(24(3,4)5)22(31)18(15-34)27-23(32)33-25(6,7)8/h11-12,14,18,20,29,34H,9-10,13,15H2,1-8H3,(H,26,30)(H,27,32). The second kappa shape index (κ2) is 12.3. The van der Waals surface area contributed by atoms with Crippen molar-refractivity contribution in [2.75, 3.05) is 12.3 Å². The molecule has 1 rings (SSSR count). The van der Waals surface area contributed by atoms with Gasteiger partial charge in [-0.2, -0.15) is 12.6 Å². The van der Waals surface area contributed by atoms with E-state index in [-0.39, 0.29) is 17.4 Å². The Hall–Kier alpha value is -2.42. The Morgan fingerprint density at radius 1 is 1.15 bits per heavy atom. The molecule has 0 saturated heterocycles. The van der Waals surface area contributed by atoms with E-state index in [1.165, 1.54) is 11.0 Å². The Bertz CT molecular complexity index is 861. The minimum atomic E-state index is -1.01. The number of aromatic hydroxyl groups is 1. The van der Waals surface area contributed by atoms with Gasteiger partial charge in [-0.15, -0.1) is 0 Å². The summed E-state index contributed by atoms with van der Waals surface area (Å²) in [6, 6.07) is 2.85. The number of aryl methyl sites for hydroxylation is 1. The van der Waals surface area contributed by atoms with Crippen LogP contribution < -0.4 is 10.6 Å². The van der Waals surface area contributed by atoms with Crippen molar-refractivity contribution >= 4 is 30.5 Å². The molecule has 2 atom stereocenters. The molecule has 0 bridgehead atoms. The number of carbonyl (C=O) groups excluding carboxylic acids is 3. The lowest BCUT2D eigenvalue weighted by Crippen LogP contribution is -2.59. The molecule has 3 N–H and O–H groups in total. The van der Waals surface area contributed by atoms with E-state index in [1.54, 1.807) is 39.8 Å². The highest BCUT2D eigenvalue weighted by atomic mass is 32.1. The average molecular weight is 496 g/mol. The number of carbonyl (C=O) groups is 3. The molecular weight excluding hydrogens is 454 g/mol. The van der Waals surface area contributed by atoms with Crippen molar-refractivity contribution < 1.29 is 24.2 Å². The first-order chi connectivity index (χ1) is 15.6. The zero-order chi connectivity index (χ0) is 26.3. The maximum absolute atomic E-state index is 13.8. The Morgan fingerprint density at radius 3 is 2.24 bits per heavy atom. The smallest absolute Gasteiger partial charge is 0.408 e. The molecule has 0 aliphatic rings. The van der Waals surface area contributed by atoms with Gasteiger partial charge in [0, 0.05) is 17.8 Å². The molecule has 0 fully saturated rings. The number of phenols is 1. The highest BCUT2D eigenvalue weighted by molar-refractivity contribution is 7.80. The van der Waals surface area contributed by atoms with Crippen LogP contribution in [0.5, 0.6) is 5.75 Å². The Balaban J connectivity index is 3.46. The molecular formula is C25H41N3O5S. The van der Waals surface area contributed by atoms with Crippen LogP contribution in [0.2, 0.25) is 0 Å². The van der Waals surface area contributed by atoms with Gasteiger partial charge < -0.3 is 25.4 Å². The van der Waals surface area contributed by atoms with E-state index in [9.17, 15) is 19.5 Å². The zero-order valence-electron chi connectivity index (χ0n) is 21.7. The third-order valence-corrected chi connectivity index (χ3v) is 5.37. The number of thiol groups is 1. The quantitative estimate of drug-likeness (QED) is 0.305. The first-order valence-electron chi connectivity index (χ1n) is 11.6. The molecule has 0 spiro atoms. The number of hydrogen-bond acceptors (Lipinski definition) is 6. The number of ether oxygens (including phenoxy) is 1. The summed E-state index contributed by atoms with van der Waals surface area (Å²) in [6.07, 6.45) is 0.973. The van der Waals surface area contributed by atoms with E-state index < -0.39 is 35.2 Å². The first-order valence-corrected chi connectivity index (χ1v) is 12.3. The molecule has 0 radical (unpaired) electrons. The van der Waals surface area contributed by atoms with E-state index in [1.807, 2.05) is 27.7 Å². The number of phenolic OH excluding ortho intramolecular Hbond substituents is 1. The fraction of sp³-hybridized carbons (Fsp3) is 0.640. The number of rotatable bonds is 9. The molecule has 3 amide bonds. The van der Waals surface area contributed by atoms with Crippen LogP contribution in [0.3, 0.4) is 0 Å². The van der Waals surface area contributed by atoms with Crippen molar-refractivity contribution in [3.8, 4) is 5.75 Å². The fourth-order valence-corrected chi connectivity index (χ4v) is 3.65. The number of alkyl carbamates (subject to hydrolysis) is 1. The molecule has 1 aromatic rings. The van der Waals surface area contributed by atoms with E-state index in [0.29, 0.717) is 17.7 Å². The van der Waals surface area contributed by atoms with Gasteiger partial charge in [-0.05, 0) is 78.1 Å². The summed E-state index contributed by atoms with van der Waals surface area (Å²) in [5.74, 6) is -0.683. The van der Waals surface area contributed by atoms with Crippen molar-refractivity contribution in [1.82, 2.24) is 15.5 Å². The van der Waals surface area contributed by atoms with Crippen LogP contribution in [-0.2, 0) is 14.3 Å². The van der Waals surface area contributed by atoms with E-state index in [4.69, 9.17) is 4.74 Å². The molecule has 0 aliphatic carbocycles. The van der Waals surface area contributed by atoms with Gasteiger partial charge in [0.25, 0.3) is 0 Å². The van der Waals surface area contributed by atoms with Crippen LogP contribution in [0.15, 0.2) is 18.2 Å². The molecule has 192 valence electrons. The number of unbranched alkanes of at least 4 members (excludes halogenated alkanes) is 1. The lowest BCUT2D eigenvalue weighted by atomic mass is 9.94. The fourth-order valence-electron chi connectivity index (χ4n) is 3.40. The number of nitrogens with one attached hydrogen (secondary N) is 2. The predicted molar refractivity (Wildman–Crippen MR) is 137 cm³/mol. The van der Waals surface area contributed by atoms with Crippen molar-refractivity contribution in [2.24, 2.45) is 0 Å². The summed E-state index contributed by atoms with van der Waals surface area (Å²) in [7, 11) is 0. The minimum absolute atomic E-state index is 0.0173. The third-order valence-electron chi connectivity index (χ3n) is 5.00. The molecule has 9 heteroatoms. The minimum Gasteiger partial charge on any atom is -0.508 e. The van der Waals surface area contributed by atoms with Gasteiger partial charge in [0.1, 0.15) is 23.4 Å². The second-order valence-corrected chi connectivity index (χ2v) is 10.7. The number of hydrogen-bond donors (Lipinski definition) is 4. The van der Waals surface area contributed by atoms with Crippen molar-refractivity contribution in [3.63, 3.8) is 0 Å². The molecule has 2 unspecified atom stereocenters. The van der Waals surface area contributed by atoms with Crippen molar-refractivity contribution in [3.05, 3.63) is 29.3 Å². The topological polar surface area (TPSA) is 108 Å². The van der Waals surface area contributed by atoms with Crippen LogP contribution in [0.4, 0.5) is 4.79 Å². The van der Waals surface area contributed by atoms with Crippen molar-refractivity contribution in [1.29, 1.82) is 0 Å². The highest BCUT2D eigenvalue weighted by Crippen LogP contribution is 2.32. The first kappa shape index (κ1) is 29.6. The summed E-state index contributed by atoms with van der Waals surface area (Å²) in [5.41, 5.74) is -0.374. The number of benzene rings is 1. The SMILES string of the molecule is CCCCNC(=O)C(c1ccc(O)c(C)c1)N(C(=O)C(CS)NC(=O)OC(C)(C)C)C(C)(C)C. The Labute approximate surface area is 209 Å². The van der Waals surface area contributed by atoms with Gasteiger partial charge in [-0.1, -0.05) is 19.4 Å². The third kappa shape index (κ3) is 8.74. The maximum Gasteiger partial charge on any atom is 0.408 e. The normalized spacial score (nSPS) is 13.6. The van der Waals surface area contributed by atoms with Crippen LogP contribution in [-0.4, -0.2) is 57.4 Å². The predicted octanol–water partition coefficient (Wildman–Crippen LogP) is 4.11. The summed E-state index contributed by atoms with van der Waals surface area (Å²) >= 11 is 4.29. The molecule has 0 aromatic heterocycles. The van der Waals surface area contributed by atoms with E-state index >= 15 is 0 Å². The van der Waals surface area contributed by atoms with Gasteiger partial charge in [-0.25, -0.2) is 4.79 Å². The highest BCUT2D eigenvalue weighted by Gasteiger charge is 2.41. The lowest BCUT2D eigenvalue weighted by Gasteiger charge is -2.43. The largest absolute Gasteiger partial charge is 0.508 e. The van der Waals surface area contributed by atoms with Crippen LogP contribution in [0, 0.1) is 6.92 Å². The molecule has 0 heterocycles. The number of amides is 3. The Morgan fingerprint density at radius 2 is 1.76 bits per heavy atom. The summed E-state index contributed by atoms with van der Waals surface area (Å²) in [4.78, 5) is 41.1. The molecule has 0 saturated carbocycles. The average Bonchev–Trinajstić information content (AvgIpc) is 2.69. The van der Waals surface area contributed by atoms with E-state index in [2.05, 4.69) is 23.3 Å². The lowest BCUT2D eigenvalue weighted by molar-refractivity contribution is -0.148. The summed E-state index contributed by atoms with van der Waals surface area (Å²) < 4.78 is 5.31. The second-order valence-electron chi connectivity index (χ2n) is 10.4.